The lowest BCUT2D eigenvalue weighted by Crippen LogP contribution is -1.79. The van der Waals surface area contributed by atoms with E-state index in [9.17, 15) is 0 Å². The van der Waals surface area contributed by atoms with Gasteiger partial charge in [-0.2, -0.15) is 0 Å². The van der Waals surface area contributed by atoms with Crippen molar-refractivity contribution in [3.63, 3.8) is 0 Å². The van der Waals surface area contributed by atoms with Crippen LogP contribution in [0.3, 0.4) is 0 Å². The van der Waals surface area contributed by atoms with Crippen molar-refractivity contribution in [2.75, 3.05) is 0 Å². The summed E-state index contributed by atoms with van der Waals surface area (Å²) < 4.78 is 5.37. The molecule has 0 atom stereocenters. The molecule has 1 aromatic carbocycles. The summed E-state index contributed by atoms with van der Waals surface area (Å²) in [7, 11) is 0. The summed E-state index contributed by atoms with van der Waals surface area (Å²) >= 11 is 17.5. The monoisotopic (exact) mass is 261 g/mol. The fraction of sp³-hybridized carbons (Fsp3) is 0.100. The standard InChI is InChI=1S/C10H6Cl3NO/c11-4-7-5-14-10(15-7)8-3-6(12)1-2-9(8)13/h1-3,5H,4H2. The van der Waals surface area contributed by atoms with Crippen molar-refractivity contribution in [2.24, 2.45) is 0 Å². The van der Waals surface area contributed by atoms with Crippen molar-refractivity contribution < 1.29 is 4.42 Å². The summed E-state index contributed by atoms with van der Waals surface area (Å²) in [6.07, 6.45) is 1.57. The molecule has 2 nitrogen and oxygen atoms in total. The van der Waals surface area contributed by atoms with Gasteiger partial charge in [0.25, 0.3) is 0 Å². The Hall–Kier alpha value is -0.700. The smallest absolute Gasteiger partial charge is 0.227 e. The Balaban J connectivity index is 2.48. The highest BCUT2D eigenvalue weighted by atomic mass is 35.5. The van der Waals surface area contributed by atoms with Crippen molar-refractivity contribution in [3.8, 4) is 11.5 Å². The van der Waals surface area contributed by atoms with Crippen molar-refractivity contribution in [1.29, 1.82) is 0 Å². The molecule has 0 spiro atoms. The maximum Gasteiger partial charge on any atom is 0.227 e. The van der Waals surface area contributed by atoms with Crippen LogP contribution in [-0.4, -0.2) is 4.98 Å². The van der Waals surface area contributed by atoms with E-state index >= 15 is 0 Å². The molecule has 1 aromatic heterocycles. The largest absolute Gasteiger partial charge is 0.440 e. The highest BCUT2D eigenvalue weighted by Gasteiger charge is 2.10. The average molecular weight is 263 g/mol. The first-order chi connectivity index (χ1) is 7.20. The SMILES string of the molecule is ClCc1cnc(-c2cc(Cl)ccc2Cl)o1. The quantitative estimate of drug-likeness (QED) is 0.750. The van der Waals surface area contributed by atoms with E-state index < -0.39 is 0 Å². The van der Waals surface area contributed by atoms with E-state index in [1.807, 2.05) is 0 Å². The zero-order valence-electron chi connectivity index (χ0n) is 7.51. The molecule has 0 aliphatic rings. The molecule has 0 amide bonds. The molecule has 0 aliphatic heterocycles. The molecule has 0 aliphatic carbocycles. The molecule has 0 N–H and O–H groups in total. The normalized spacial score (nSPS) is 10.6. The first-order valence-electron chi connectivity index (χ1n) is 4.17. The lowest BCUT2D eigenvalue weighted by Gasteiger charge is -1.99. The van der Waals surface area contributed by atoms with Crippen LogP contribution in [0.2, 0.25) is 10.0 Å². The zero-order chi connectivity index (χ0) is 10.8. The molecule has 5 heteroatoms. The molecule has 0 fully saturated rings. The Labute approximate surface area is 102 Å². The van der Waals surface area contributed by atoms with Gasteiger partial charge in [-0.05, 0) is 18.2 Å². The molecule has 0 unspecified atom stereocenters. The predicted molar refractivity (Wildman–Crippen MR) is 61.5 cm³/mol. The van der Waals surface area contributed by atoms with E-state index in [1.54, 1.807) is 24.4 Å². The van der Waals surface area contributed by atoms with Crippen LogP contribution in [0.4, 0.5) is 0 Å². The molecular weight excluding hydrogens is 256 g/mol. The van der Waals surface area contributed by atoms with Crippen molar-refractivity contribution in [1.82, 2.24) is 4.98 Å². The van der Waals surface area contributed by atoms with E-state index in [2.05, 4.69) is 4.98 Å². The third-order valence-corrected chi connectivity index (χ3v) is 2.67. The number of rotatable bonds is 2. The Kier molecular flexibility index (Phi) is 3.19. The van der Waals surface area contributed by atoms with Crippen LogP contribution in [0.15, 0.2) is 28.8 Å². The van der Waals surface area contributed by atoms with Gasteiger partial charge in [-0.1, -0.05) is 23.2 Å². The predicted octanol–water partition coefficient (Wildman–Crippen LogP) is 4.39. The van der Waals surface area contributed by atoms with Gasteiger partial charge in [-0.3, -0.25) is 0 Å². The van der Waals surface area contributed by atoms with Crippen LogP contribution < -0.4 is 0 Å². The van der Waals surface area contributed by atoms with E-state index in [0.29, 0.717) is 27.3 Å². The van der Waals surface area contributed by atoms with E-state index in [-0.39, 0.29) is 5.88 Å². The molecule has 78 valence electrons. The van der Waals surface area contributed by atoms with Crippen molar-refractivity contribution in [3.05, 3.63) is 40.2 Å². The van der Waals surface area contributed by atoms with Crippen molar-refractivity contribution in [2.45, 2.75) is 5.88 Å². The molecule has 0 saturated carbocycles. The minimum atomic E-state index is 0.283. The van der Waals surface area contributed by atoms with Gasteiger partial charge < -0.3 is 4.42 Å². The number of nitrogens with zero attached hydrogens (tertiary/aromatic N) is 1. The lowest BCUT2D eigenvalue weighted by molar-refractivity contribution is 0.537. The van der Waals surface area contributed by atoms with Crippen LogP contribution in [0.5, 0.6) is 0 Å². The number of alkyl halides is 1. The lowest BCUT2D eigenvalue weighted by atomic mass is 10.2. The van der Waals surface area contributed by atoms with Crippen LogP contribution in [0.1, 0.15) is 5.76 Å². The molecule has 0 saturated heterocycles. The Morgan fingerprint density at radius 3 is 2.73 bits per heavy atom. The molecule has 2 aromatic rings. The summed E-state index contributed by atoms with van der Waals surface area (Å²) in [5, 5.41) is 1.13. The summed E-state index contributed by atoms with van der Waals surface area (Å²) in [5.41, 5.74) is 0.667. The van der Waals surface area contributed by atoms with Gasteiger partial charge in [0.05, 0.1) is 22.7 Å². The number of hydrogen-bond acceptors (Lipinski definition) is 2. The van der Waals surface area contributed by atoms with Crippen LogP contribution >= 0.6 is 34.8 Å². The molecule has 0 radical (unpaired) electrons. The van der Waals surface area contributed by atoms with Gasteiger partial charge in [-0.25, -0.2) is 4.98 Å². The van der Waals surface area contributed by atoms with Crippen LogP contribution in [0, 0.1) is 0 Å². The highest BCUT2D eigenvalue weighted by molar-refractivity contribution is 6.35. The maximum atomic E-state index is 5.99. The fourth-order valence-electron chi connectivity index (χ4n) is 1.16. The molecule has 2 rings (SSSR count). The molecule has 15 heavy (non-hydrogen) atoms. The highest BCUT2D eigenvalue weighted by Crippen LogP contribution is 2.30. The van der Waals surface area contributed by atoms with E-state index in [0.717, 1.165) is 0 Å². The fourth-order valence-corrected chi connectivity index (χ4v) is 1.65. The van der Waals surface area contributed by atoms with Crippen LogP contribution in [-0.2, 0) is 5.88 Å². The zero-order valence-corrected chi connectivity index (χ0v) is 9.77. The minimum absolute atomic E-state index is 0.283. The molecule has 0 bridgehead atoms. The first kappa shape index (κ1) is 10.8. The Morgan fingerprint density at radius 1 is 1.27 bits per heavy atom. The second-order valence-electron chi connectivity index (χ2n) is 2.89. The van der Waals surface area contributed by atoms with Gasteiger partial charge >= 0.3 is 0 Å². The summed E-state index contributed by atoms with van der Waals surface area (Å²) in [6, 6.07) is 5.11. The van der Waals surface area contributed by atoms with E-state index in [4.69, 9.17) is 39.2 Å². The average Bonchev–Trinajstić information content (AvgIpc) is 2.70. The van der Waals surface area contributed by atoms with Gasteiger partial charge in [0.15, 0.2) is 0 Å². The minimum Gasteiger partial charge on any atom is -0.440 e. The molecular formula is C10H6Cl3NO. The van der Waals surface area contributed by atoms with Gasteiger partial charge in [-0.15, -0.1) is 11.6 Å². The number of aromatic nitrogens is 1. The van der Waals surface area contributed by atoms with Gasteiger partial charge in [0.1, 0.15) is 5.76 Å². The van der Waals surface area contributed by atoms with E-state index in [1.165, 1.54) is 0 Å². The maximum absolute atomic E-state index is 5.99. The number of oxazole rings is 1. The van der Waals surface area contributed by atoms with Gasteiger partial charge in [0.2, 0.25) is 5.89 Å². The number of hydrogen-bond donors (Lipinski definition) is 0. The second kappa shape index (κ2) is 4.44. The third-order valence-electron chi connectivity index (χ3n) is 1.84. The molecule has 1 heterocycles. The van der Waals surface area contributed by atoms with Gasteiger partial charge in [0, 0.05) is 5.02 Å². The summed E-state index contributed by atoms with van der Waals surface area (Å²) in [5.74, 6) is 1.31. The number of benzene rings is 1. The van der Waals surface area contributed by atoms with Crippen molar-refractivity contribution >= 4 is 34.8 Å². The first-order valence-corrected chi connectivity index (χ1v) is 5.46. The second-order valence-corrected chi connectivity index (χ2v) is 4.00. The Bertz CT molecular complexity index is 481. The topological polar surface area (TPSA) is 26.0 Å². The summed E-state index contributed by atoms with van der Waals surface area (Å²) in [4.78, 5) is 4.07. The van der Waals surface area contributed by atoms with Crippen LogP contribution in [0.25, 0.3) is 11.5 Å². The third kappa shape index (κ3) is 2.28. The summed E-state index contributed by atoms with van der Waals surface area (Å²) in [6.45, 7) is 0. The number of halogens is 3. The Morgan fingerprint density at radius 2 is 2.07 bits per heavy atom.